The zero-order chi connectivity index (χ0) is 13.8. The molecule has 0 bridgehead atoms. The van der Waals surface area contributed by atoms with E-state index in [0.29, 0.717) is 17.0 Å². The van der Waals surface area contributed by atoms with Gasteiger partial charge in [-0.3, -0.25) is 4.79 Å². The van der Waals surface area contributed by atoms with Crippen LogP contribution in [0.4, 0.5) is 5.69 Å². The normalized spacial score (nSPS) is 10.0. The molecule has 2 aromatic carbocycles. The lowest BCUT2D eigenvalue weighted by Gasteiger charge is -2.10. The van der Waals surface area contributed by atoms with E-state index in [2.05, 4.69) is 5.32 Å². The molecule has 4 heteroatoms. The van der Waals surface area contributed by atoms with Crippen molar-refractivity contribution in [2.45, 2.75) is 6.92 Å². The van der Waals surface area contributed by atoms with Crippen LogP contribution in [0.25, 0.3) is 0 Å². The summed E-state index contributed by atoms with van der Waals surface area (Å²) in [7, 11) is 1.53. The van der Waals surface area contributed by atoms with Gasteiger partial charge >= 0.3 is 0 Å². The van der Waals surface area contributed by atoms with Crippen molar-refractivity contribution < 1.29 is 14.6 Å². The van der Waals surface area contributed by atoms with Crippen molar-refractivity contribution in [2.75, 3.05) is 12.4 Å². The highest BCUT2D eigenvalue weighted by molar-refractivity contribution is 6.06. The summed E-state index contributed by atoms with van der Waals surface area (Å²) >= 11 is 0. The molecule has 98 valence electrons. The molecule has 0 spiro atoms. The van der Waals surface area contributed by atoms with Crippen molar-refractivity contribution in [3.63, 3.8) is 0 Å². The topological polar surface area (TPSA) is 58.6 Å². The van der Waals surface area contributed by atoms with Gasteiger partial charge in [-0.1, -0.05) is 11.6 Å². The van der Waals surface area contributed by atoms with Gasteiger partial charge in [0.1, 0.15) is 11.5 Å². The van der Waals surface area contributed by atoms with Gasteiger partial charge < -0.3 is 15.2 Å². The fraction of sp³-hybridized carbons (Fsp3) is 0.133. The van der Waals surface area contributed by atoms with Gasteiger partial charge in [-0.15, -0.1) is 0 Å². The minimum atomic E-state index is -0.244. The summed E-state index contributed by atoms with van der Waals surface area (Å²) < 4.78 is 5.18. The Bertz CT molecular complexity index is 591. The average molecular weight is 257 g/mol. The molecule has 4 nitrogen and oxygen atoms in total. The second-order valence-electron chi connectivity index (χ2n) is 4.20. The molecule has 0 atom stereocenters. The first-order chi connectivity index (χ1) is 9.10. The summed E-state index contributed by atoms with van der Waals surface area (Å²) in [5.41, 5.74) is 2.08. The van der Waals surface area contributed by atoms with Crippen LogP contribution in [0.1, 0.15) is 15.9 Å². The molecule has 19 heavy (non-hydrogen) atoms. The van der Waals surface area contributed by atoms with Crippen LogP contribution in [-0.4, -0.2) is 18.1 Å². The molecule has 0 aromatic heterocycles. The zero-order valence-electron chi connectivity index (χ0n) is 10.8. The van der Waals surface area contributed by atoms with E-state index in [1.807, 2.05) is 13.0 Å². The van der Waals surface area contributed by atoms with Crippen LogP contribution < -0.4 is 10.1 Å². The summed E-state index contributed by atoms with van der Waals surface area (Å²) in [6.45, 7) is 1.91. The molecule has 0 aliphatic heterocycles. The maximum atomic E-state index is 12.2. The SMILES string of the molecule is COc1ccc(C)cc1C(=O)Nc1ccc(O)cc1. The lowest BCUT2D eigenvalue weighted by Crippen LogP contribution is -2.13. The maximum Gasteiger partial charge on any atom is 0.259 e. The first-order valence-electron chi connectivity index (χ1n) is 5.85. The van der Waals surface area contributed by atoms with Crippen LogP contribution in [0.5, 0.6) is 11.5 Å². The molecular formula is C15H15NO3. The first kappa shape index (κ1) is 13.0. The molecule has 0 aliphatic rings. The fourth-order valence-corrected chi connectivity index (χ4v) is 1.74. The third-order valence-corrected chi connectivity index (χ3v) is 2.72. The van der Waals surface area contributed by atoms with Crippen LogP contribution in [0.15, 0.2) is 42.5 Å². The number of nitrogens with one attached hydrogen (secondary N) is 1. The Kier molecular flexibility index (Phi) is 3.71. The van der Waals surface area contributed by atoms with Gasteiger partial charge in [-0.05, 0) is 43.3 Å². The number of anilines is 1. The number of phenols is 1. The van der Waals surface area contributed by atoms with Gasteiger partial charge in [0.15, 0.2) is 0 Å². The summed E-state index contributed by atoms with van der Waals surface area (Å²) in [4.78, 5) is 12.2. The van der Waals surface area contributed by atoms with E-state index in [4.69, 9.17) is 4.74 Å². The Morgan fingerprint density at radius 1 is 1.16 bits per heavy atom. The molecule has 0 aliphatic carbocycles. The van der Waals surface area contributed by atoms with Gasteiger partial charge in [-0.2, -0.15) is 0 Å². The molecule has 1 amide bonds. The largest absolute Gasteiger partial charge is 0.508 e. The van der Waals surface area contributed by atoms with E-state index in [1.165, 1.54) is 19.2 Å². The lowest BCUT2D eigenvalue weighted by atomic mass is 10.1. The van der Waals surface area contributed by atoms with Gasteiger partial charge in [0.05, 0.1) is 12.7 Å². The number of methoxy groups -OCH3 is 1. The van der Waals surface area contributed by atoms with Crippen molar-refractivity contribution in [3.05, 3.63) is 53.6 Å². The molecule has 2 aromatic rings. The highest BCUT2D eigenvalue weighted by atomic mass is 16.5. The van der Waals surface area contributed by atoms with Crippen molar-refractivity contribution in [1.29, 1.82) is 0 Å². The highest BCUT2D eigenvalue weighted by Crippen LogP contribution is 2.21. The number of carbonyl (C=O) groups is 1. The highest BCUT2D eigenvalue weighted by Gasteiger charge is 2.12. The van der Waals surface area contributed by atoms with Gasteiger partial charge in [0, 0.05) is 5.69 Å². The monoisotopic (exact) mass is 257 g/mol. The number of ether oxygens (including phenoxy) is 1. The number of phenolic OH excluding ortho intramolecular Hbond substituents is 1. The molecule has 0 heterocycles. The van der Waals surface area contributed by atoms with E-state index in [9.17, 15) is 9.90 Å². The molecule has 0 saturated heterocycles. The van der Waals surface area contributed by atoms with E-state index < -0.39 is 0 Å². The zero-order valence-corrected chi connectivity index (χ0v) is 10.8. The van der Waals surface area contributed by atoms with Crippen LogP contribution in [-0.2, 0) is 0 Å². The Morgan fingerprint density at radius 2 is 1.84 bits per heavy atom. The average Bonchev–Trinajstić information content (AvgIpc) is 2.41. The lowest BCUT2D eigenvalue weighted by molar-refractivity contribution is 0.102. The number of aromatic hydroxyl groups is 1. The minimum Gasteiger partial charge on any atom is -0.508 e. The standard InChI is InChI=1S/C15H15NO3/c1-10-3-8-14(19-2)13(9-10)15(18)16-11-4-6-12(17)7-5-11/h3-9,17H,1-2H3,(H,16,18). The quantitative estimate of drug-likeness (QED) is 0.831. The molecule has 2 rings (SSSR count). The molecule has 0 fully saturated rings. The molecule has 0 saturated carbocycles. The predicted octanol–water partition coefficient (Wildman–Crippen LogP) is 2.96. The van der Waals surface area contributed by atoms with E-state index in [1.54, 1.807) is 24.3 Å². The van der Waals surface area contributed by atoms with Crippen LogP contribution in [0.2, 0.25) is 0 Å². The van der Waals surface area contributed by atoms with E-state index >= 15 is 0 Å². The van der Waals surface area contributed by atoms with Gasteiger partial charge in [0.25, 0.3) is 5.91 Å². The van der Waals surface area contributed by atoms with Crippen molar-refractivity contribution in [3.8, 4) is 11.5 Å². The summed E-state index contributed by atoms with van der Waals surface area (Å²) in [5.74, 6) is 0.444. The number of amides is 1. The third kappa shape index (κ3) is 3.04. The van der Waals surface area contributed by atoms with Gasteiger partial charge in [-0.25, -0.2) is 0 Å². The van der Waals surface area contributed by atoms with E-state index in [0.717, 1.165) is 5.56 Å². The van der Waals surface area contributed by atoms with Gasteiger partial charge in [0.2, 0.25) is 0 Å². The third-order valence-electron chi connectivity index (χ3n) is 2.72. The summed E-state index contributed by atoms with van der Waals surface area (Å²) in [6.07, 6.45) is 0. The van der Waals surface area contributed by atoms with E-state index in [-0.39, 0.29) is 11.7 Å². The molecular weight excluding hydrogens is 242 g/mol. The number of benzene rings is 2. The fourth-order valence-electron chi connectivity index (χ4n) is 1.74. The second-order valence-corrected chi connectivity index (χ2v) is 4.20. The number of carbonyl (C=O) groups excluding carboxylic acids is 1. The van der Waals surface area contributed by atoms with Crippen LogP contribution in [0, 0.1) is 6.92 Å². The smallest absolute Gasteiger partial charge is 0.259 e. The van der Waals surface area contributed by atoms with Crippen molar-refractivity contribution in [2.24, 2.45) is 0 Å². The number of hydrogen-bond acceptors (Lipinski definition) is 3. The number of aryl methyl sites for hydroxylation is 1. The maximum absolute atomic E-state index is 12.2. The Morgan fingerprint density at radius 3 is 2.47 bits per heavy atom. The molecule has 2 N–H and O–H groups in total. The van der Waals surface area contributed by atoms with Crippen molar-refractivity contribution >= 4 is 11.6 Å². The number of rotatable bonds is 3. The Labute approximate surface area is 111 Å². The molecule has 0 unspecified atom stereocenters. The minimum absolute atomic E-state index is 0.158. The first-order valence-corrected chi connectivity index (χ1v) is 5.85. The van der Waals surface area contributed by atoms with Crippen LogP contribution >= 0.6 is 0 Å². The number of hydrogen-bond donors (Lipinski definition) is 2. The summed E-state index contributed by atoms with van der Waals surface area (Å²) in [5, 5.41) is 12.0. The molecule has 0 radical (unpaired) electrons. The Hall–Kier alpha value is -2.49. The second kappa shape index (κ2) is 5.44. The summed E-state index contributed by atoms with van der Waals surface area (Å²) in [6, 6.07) is 11.7. The Balaban J connectivity index is 2.24. The predicted molar refractivity (Wildman–Crippen MR) is 73.8 cm³/mol. The van der Waals surface area contributed by atoms with Crippen molar-refractivity contribution in [1.82, 2.24) is 0 Å². The van der Waals surface area contributed by atoms with Crippen LogP contribution in [0.3, 0.4) is 0 Å².